The molecule has 0 saturated heterocycles. The zero-order valence-corrected chi connectivity index (χ0v) is 10.9. The Balaban J connectivity index is 2.63. The van der Waals surface area contributed by atoms with E-state index in [9.17, 15) is 9.90 Å². The number of unbranched alkanes of at least 4 members (excludes halogenated alkanes) is 1. The minimum atomic E-state index is 0.0235. The van der Waals surface area contributed by atoms with E-state index in [-0.39, 0.29) is 18.1 Å². The number of nitrogens with zero attached hydrogens (tertiary/aromatic N) is 1. The quantitative estimate of drug-likeness (QED) is 0.771. The molecular weight excluding hydrogens is 228 g/mol. The maximum atomic E-state index is 12.1. The minimum Gasteiger partial charge on any atom is -0.508 e. The Labute approximate surface area is 108 Å². The molecule has 18 heavy (non-hydrogen) atoms. The predicted octanol–water partition coefficient (Wildman–Crippen LogP) is 1.52. The molecule has 100 valence electrons. The van der Waals surface area contributed by atoms with Crippen molar-refractivity contribution in [3.05, 3.63) is 29.8 Å². The van der Waals surface area contributed by atoms with Gasteiger partial charge in [0.15, 0.2) is 0 Å². The summed E-state index contributed by atoms with van der Waals surface area (Å²) in [5.41, 5.74) is 6.19. The van der Waals surface area contributed by atoms with Crippen molar-refractivity contribution in [2.24, 2.45) is 5.73 Å². The molecule has 0 radical (unpaired) electrons. The van der Waals surface area contributed by atoms with E-state index in [0.717, 1.165) is 19.4 Å². The van der Waals surface area contributed by atoms with Gasteiger partial charge in [0.1, 0.15) is 5.75 Å². The van der Waals surface area contributed by atoms with E-state index in [1.165, 1.54) is 0 Å². The normalized spacial score (nSPS) is 10.3. The second-order valence-electron chi connectivity index (χ2n) is 4.33. The third-order valence-corrected chi connectivity index (χ3v) is 2.87. The highest BCUT2D eigenvalue weighted by Crippen LogP contribution is 2.16. The molecule has 3 N–H and O–H groups in total. The molecule has 0 heterocycles. The molecule has 1 aromatic carbocycles. The zero-order valence-electron chi connectivity index (χ0n) is 10.9. The Kier molecular flexibility index (Phi) is 6.22. The molecule has 0 atom stereocenters. The zero-order chi connectivity index (χ0) is 13.4. The molecular formula is C14H22N2O2. The SMILES string of the molecule is CCCCN(CCN)C(=O)Cc1ccccc1O. The molecule has 4 heteroatoms. The van der Waals surface area contributed by atoms with Crippen LogP contribution in [0.3, 0.4) is 0 Å². The van der Waals surface area contributed by atoms with Gasteiger partial charge in [-0.2, -0.15) is 0 Å². The number of rotatable bonds is 7. The Morgan fingerprint density at radius 1 is 1.33 bits per heavy atom. The molecule has 1 aromatic rings. The maximum Gasteiger partial charge on any atom is 0.227 e. The molecule has 0 aliphatic heterocycles. The second-order valence-corrected chi connectivity index (χ2v) is 4.33. The Morgan fingerprint density at radius 3 is 2.67 bits per heavy atom. The van der Waals surface area contributed by atoms with Crippen LogP contribution >= 0.6 is 0 Å². The van der Waals surface area contributed by atoms with Crippen LogP contribution in [0.2, 0.25) is 0 Å². The molecule has 0 saturated carbocycles. The molecule has 0 aliphatic carbocycles. The van der Waals surface area contributed by atoms with Gasteiger partial charge in [-0.25, -0.2) is 0 Å². The number of amides is 1. The van der Waals surface area contributed by atoms with Crippen LogP contribution in [0, 0.1) is 0 Å². The number of phenols is 1. The first-order valence-electron chi connectivity index (χ1n) is 6.43. The van der Waals surface area contributed by atoms with Gasteiger partial charge in [0, 0.05) is 25.2 Å². The van der Waals surface area contributed by atoms with Crippen LogP contribution in [0.15, 0.2) is 24.3 Å². The van der Waals surface area contributed by atoms with Crippen molar-refractivity contribution in [1.29, 1.82) is 0 Å². The van der Waals surface area contributed by atoms with E-state index in [1.54, 1.807) is 23.1 Å². The van der Waals surface area contributed by atoms with Crippen molar-refractivity contribution in [3.8, 4) is 5.75 Å². The molecule has 0 unspecified atom stereocenters. The standard InChI is InChI=1S/C14H22N2O2/c1-2-3-9-16(10-8-15)14(18)11-12-6-4-5-7-13(12)17/h4-7,17H,2-3,8-11,15H2,1H3. The molecule has 1 amide bonds. The van der Waals surface area contributed by atoms with Gasteiger partial charge in [-0.3, -0.25) is 4.79 Å². The summed E-state index contributed by atoms with van der Waals surface area (Å²) in [7, 11) is 0. The highest BCUT2D eigenvalue weighted by molar-refractivity contribution is 5.79. The fraction of sp³-hybridized carbons (Fsp3) is 0.500. The van der Waals surface area contributed by atoms with E-state index >= 15 is 0 Å². The number of para-hydroxylation sites is 1. The van der Waals surface area contributed by atoms with Crippen molar-refractivity contribution in [2.45, 2.75) is 26.2 Å². The Bertz CT molecular complexity index is 380. The van der Waals surface area contributed by atoms with Gasteiger partial charge in [-0.1, -0.05) is 31.5 Å². The van der Waals surface area contributed by atoms with Gasteiger partial charge in [0.05, 0.1) is 6.42 Å². The van der Waals surface area contributed by atoms with E-state index in [1.807, 2.05) is 6.07 Å². The van der Waals surface area contributed by atoms with Gasteiger partial charge in [0.25, 0.3) is 0 Å². The van der Waals surface area contributed by atoms with Crippen LogP contribution in [-0.2, 0) is 11.2 Å². The van der Waals surface area contributed by atoms with Gasteiger partial charge >= 0.3 is 0 Å². The summed E-state index contributed by atoms with van der Waals surface area (Å²) in [5.74, 6) is 0.199. The lowest BCUT2D eigenvalue weighted by Gasteiger charge is -2.22. The lowest BCUT2D eigenvalue weighted by molar-refractivity contribution is -0.130. The maximum absolute atomic E-state index is 12.1. The fourth-order valence-electron chi connectivity index (χ4n) is 1.80. The molecule has 0 spiro atoms. The van der Waals surface area contributed by atoms with Crippen molar-refractivity contribution in [1.82, 2.24) is 4.90 Å². The average molecular weight is 250 g/mol. The van der Waals surface area contributed by atoms with Gasteiger partial charge < -0.3 is 15.7 Å². The monoisotopic (exact) mass is 250 g/mol. The van der Waals surface area contributed by atoms with Crippen molar-refractivity contribution in [2.75, 3.05) is 19.6 Å². The Hall–Kier alpha value is -1.55. The van der Waals surface area contributed by atoms with E-state index < -0.39 is 0 Å². The number of hydrogen-bond acceptors (Lipinski definition) is 3. The average Bonchev–Trinajstić information content (AvgIpc) is 2.37. The first-order valence-corrected chi connectivity index (χ1v) is 6.43. The third kappa shape index (κ3) is 4.37. The number of carbonyl (C=O) groups excluding carboxylic acids is 1. The highest BCUT2D eigenvalue weighted by Gasteiger charge is 2.14. The summed E-state index contributed by atoms with van der Waals surface area (Å²) < 4.78 is 0. The number of carbonyl (C=O) groups is 1. The highest BCUT2D eigenvalue weighted by atomic mass is 16.3. The van der Waals surface area contributed by atoms with Crippen molar-refractivity contribution >= 4 is 5.91 Å². The Morgan fingerprint density at radius 2 is 2.06 bits per heavy atom. The van der Waals surface area contributed by atoms with Crippen molar-refractivity contribution < 1.29 is 9.90 Å². The van der Waals surface area contributed by atoms with Crippen LogP contribution in [0.4, 0.5) is 0 Å². The number of hydrogen-bond donors (Lipinski definition) is 2. The number of phenolic OH excluding ortho intramolecular Hbond substituents is 1. The fourth-order valence-corrected chi connectivity index (χ4v) is 1.80. The molecule has 4 nitrogen and oxygen atoms in total. The molecule has 0 aromatic heterocycles. The summed E-state index contributed by atoms with van der Waals surface area (Å²) in [4.78, 5) is 13.9. The summed E-state index contributed by atoms with van der Waals surface area (Å²) in [5, 5.41) is 9.65. The lowest BCUT2D eigenvalue weighted by Crippen LogP contribution is -2.37. The minimum absolute atomic E-state index is 0.0235. The first kappa shape index (κ1) is 14.5. The van der Waals surface area contributed by atoms with Crippen molar-refractivity contribution in [3.63, 3.8) is 0 Å². The van der Waals surface area contributed by atoms with Crippen LogP contribution in [0.5, 0.6) is 5.75 Å². The third-order valence-electron chi connectivity index (χ3n) is 2.87. The summed E-state index contributed by atoms with van der Waals surface area (Å²) >= 11 is 0. The van der Waals surface area contributed by atoms with E-state index in [4.69, 9.17) is 5.73 Å². The predicted molar refractivity (Wildman–Crippen MR) is 72.4 cm³/mol. The van der Waals surface area contributed by atoms with Crippen LogP contribution in [0.1, 0.15) is 25.3 Å². The summed E-state index contributed by atoms with van der Waals surface area (Å²) in [6, 6.07) is 6.94. The lowest BCUT2D eigenvalue weighted by atomic mass is 10.1. The summed E-state index contributed by atoms with van der Waals surface area (Å²) in [6.07, 6.45) is 2.26. The second kappa shape index (κ2) is 7.71. The van der Waals surface area contributed by atoms with Crippen LogP contribution < -0.4 is 5.73 Å². The molecule has 1 rings (SSSR count). The summed E-state index contributed by atoms with van der Waals surface area (Å²) in [6.45, 7) is 3.87. The molecule has 0 aliphatic rings. The van der Waals surface area contributed by atoms with E-state index in [0.29, 0.717) is 18.7 Å². The first-order chi connectivity index (χ1) is 8.69. The molecule has 0 fully saturated rings. The van der Waals surface area contributed by atoms with Gasteiger partial charge in [0.2, 0.25) is 5.91 Å². The smallest absolute Gasteiger partial charge is 0.227 e. The number of aromatic hydroxyl groups is 1. The topological polar surface area (TPSA) is 66.6 Å². The number of nitrogens with two attached hydrogens (primary N) is 1. The van der Waals surface area contributed by atoms with Crippen LogP contribution in [-0.4, -0.2) is 35.5 Å². The van der Waals surface area contributed by atoms with Gasteiger partial charge in [-0.05, 0) is 12.5 Å². The van der Waals surface area contributed by atoms with Gasteiger partial charge in [-0.15, -0.1) is 0 Å². The van der Waals surface area contributed by atoms with E-state index in [2.05, 4.69) is 6.92 Å². The molecule has 0 bridgehead atoms. The van der Waals surface area contributed by atoms with Crippen LogP contribution in [0.25, 0.3) is 0 Å². The largest absolute Gasteiger partial charge is 0.508 e. The number of benzene rings is 1.